The molecule has 1 saturated heterocycles. The van der Waals surface area contributed by atoms with E-state index in [1.165, 1.54) is 17.8 Å². The first-order valence-corrected chi connectivity index (χ1v) is 29.7. The number of hydrogen-bond donors (Lipinski definition) is 5. The summed E-state index contributed by atoms with van der Waals surface area (Å²) in [6.07, 6.45) is 17.0. The van der Waals surface area contributed by atoms with E-state index in [1.807, 2.05) is 71.1 Å². The van der Waals surface area contributed by atoms with Crippen molar-refractivity contribution in [1.29, 1.82) is 0 Å². The number of nitrogens with one attached hydrogen (secondary N) is 4. The summed E-state index contributed by atoms with van der Waals surface area (Å²) in [4.78, 5) is 104. The molecule has 0 radical (unpaired) electrons. The van der Waals surface area contributed by atoms with Gasteiger partial charge in [-0.2, -0.15) is 5.10 Å². The molecule has 4 bridgehead atoms. The molecule has 13 rings (SSSR count). The van der Waals surface area contributed by atoms with Gasteiger partial charge in [0.1, 0.15) is 11.9 Å². The van der Waals surface area contributed by atoms with Crippen LogP contribution in [0.2, 0.25) is 0 Å². The molecule has 81 heavy (non-hydrogen) atoms. The van der Waals surface area contributed by atoms with E-state index in [2.05, 4.69) is 26.3 Å². The monoisotopic (exact) mass is 1110 g/mol. The molecule has 4 aliphatic carbocycles. The minimum absolute atomic E-state index is 0.0487. The molecule has 3 aromatic heterocycles. The van der Waals surface area contributed by atoms with Gasteiger partial charge in [0.15, 0.2) is 10.8 Å². The number of carboxylic acids is 1. The van der Waals surface area contributed by atoms with Crippen LogP contribution in [0.25, 0.3) is 21.3 Å². The Bertz CT molecular complexity index is 3470. The van der Waals surface area contributed by atoms with Crippen LogP contribution in [0.15, 0.2) is 79.0 Å². The largest absolute Gasteiger partial charge is 0.476 e. The number of hydrogen-bond acceptors (Lipinski definition) is 13. The van der Waals surface area contributed by atoms with Crippen molar-refractivity contribution in [1.82, 2.24) is 35.3 Å². The summed E-state index contributed by atoms with van der Waals surface area (Å²) in [5, 5.41) is 28.0. The maximum atomic E-state index is 14.2. The molecule has 5 N–H and O–H groups in total. The van der Waals surface area contributed by atoms with Crippen molar-refractivity contribution in [2.24, 2.45) is 22.7 Å². The summed E-state index contributed by atoms with van der Waals surface area (Å²) in [7, 11) is 0. The summed E-state index contributed by atoms with van der Waals surface area (Å²) < 4.78 is 3.03. The molecule has 3 aliphatic heterocycles. The molecular weight excluding hydrogens is 1040 g/mol. The fourth-order valence-corrected chi connectivity index (χ4v) is 15.6. The third-order valence-corrected chi connectivity index (χ3v) is 19.1. The number of thiazole rings is 1. The highest BCUT2D eigenvalue weighted by Gasteiger charge is 2.60. The van der Waals surface area contributed by atoms with E-state index in [-0.39, 0.29) is 52.3 Å². The minimum Gasteiger partial charge on any atom is -0.476 e. The molecule has 19 heteroatoms. The summed E-state index contributed by atoms with van der Waals surface area (Å²) in [6, 6.07) is 21.4. The second-order valence-corrected chi connectivity index (χ2v) is 24.7. The van der Waals surface area contributed by atoms with Gasteiger partial charge in [0.2, 0.25) is 17.7 Å². The minimum atomic E-state index is -1.13. The molecule has 0 spiro atoms. The Labute approximate surface area is 473 Å². The van der Waals surface area contributed by atoms with E-state index in [4.69, 9.17) is 10.1 Å². The van der Waals surface area contributed by atoms with Crippen molar-refractivity contribution < 1.29 is 38.7 Å². The van der Waals surface area contributed by atoms with E-state index in [1.54, 1.807) is 24.4 Å². The Kier molecular flexibility index (Phi) is 14.8. The van der Waals surface area contributed by atoms with Crippen LogP contribution in [-0.4, -0.2) is 96.8 Å². The maximum absolute atomic E-state index is 14.2. The second-order valence-electron chi connectivity index (χ2n) is 23.7. The zero-order valence-corrected chi connectivity index (χ0v) is 46.5. The number of carbonyl (C=O) groups is 7. The lowest BCUT2D eigenvalue weighted by molar-refractivity contribution is -0.159. The standard InChI is InChI=1S/C62H68N10O8S/c1-37-44(41-20-22-50(67-53(41)58(78)79)70-27-24-40-14-12-15-42(45(40)34-70)54(74)69-60-66-46-17-8-9-19-49(46)81-60)33-65-71(37)36-61-29-38-28-39(30-61)32-62(31-38,35-61)59(80)64-26-11-7-5-3-2-4-6-10-25-63-47-18-13-16-43-52(47)57(77)72(56(43)76)48-21-23-51(73)68-55(48)75/h8-9,12-20,22,33,38-39,48,63H,2-7,10-11,21,23-32,34-36H2,1H3,(H,64,80)(H,78,79)(H,66,69,74)(H,68,73,75). The lowest BCUT2D eigenvalue weighted by Crippen LogP contribution is -2.58. The number of pyridine rings is 1. The van der Waals surface area contributed by atoms with E-state index in [0.717, 1.165) is 121 Å². The number of fused-ring (bicyclic) bond motifs is 3. The third kappa shape index (κ3) is 10.6. The fraction of sp³-hybridized carbons (Fsp3) is 0.452. The first-order valence-electron chi connectivity index (χ1n) is 28.9. The van der Waals surface area contributed by atoms with Gasteiger partial charge in [0, 0.05) is 67.2 Å². The van der Waals surface area contributed by atoms with Crippen LogP contribution in [0.3, 0.4) is 0 Å². The van der Waals surface area contributed by atoms with E-state index in [0.29, 0.717) is 78.7 Å². The number of rotatable bonds is 21. The average Bonchev–Trinajstić information content (AvgIpc) is 4.13. The van der Waals surface area contributed by atoms with Crippen LogP contribution in [0.4, 0.5) is 16.6 Å². The molecule has 4 saturated carbocycles. The average molecular weight is 1110 g/mol. The van der Waals surface area contributed by atoms with Crippen LogP contribution < -0.4 is 26.2 Å². The first-order chi connectivity index (χ1) is 39.2. The predicted molar refractivity (Wildman–Crippen MR) is 307 cm³/mol. The number of benzene rings is 3. The van der Waals surface area contributed by atoms with Crippen LogP contribution in [0, 0.1) is 29.6 Å². The number of anilines is 3. The molecule has 6 heterocycles. The van der Waals surface area contributed by atoms with Crippen molar-refractivity contribution in [3.05, 3.63) is 118 Å². The third-order valence-electron chi connectivity index (χ3n) is 18.2. The van der Waals surface area contributed by atoms with E-state index in [9.17, 15) is 38.7 Å². The van der Waals surface area contributed by atoms with Crippen molar-refractivity contribution in [2.45, 2.75) is 135 Å². The fourth-order valence-electron chi connectivity index (χ4n) is 14.8. The Morgan fingerprint density at radius 3 is 2.31 bits per heavy atom. The van der Waals surface area contributed by atoms with Gasteiger partial charge in [0.05, 0.1) is 33.0 Å². The van der Waals surface area contributed by atoms with Crippen molar-refractivity contribution in [3.8, 4) is 11.1 Å². The van der Waals surface area contributed by atoms with E-state index >= 15 is 0 Å². The lowest BCUT2D eigenvalue weighted by atomic mass is 9.44. The topological polar surface area (TPSA) is 238 Å². The number of para-hydroxylation sites is 1. The highest BCUT2D eigenvalue weighted by molar-refractivity contribution is 7.22. The van der Waals surface area contributed by atoms with Crippen LogP contribution in [0.5, 0.6) is 0 Å². The van der Waals surface area contributed by atoms with E-state index < -0.39 is 35.6 Å². The number of nitrogens with zero attached hydrogens (tertiary/aromatic N) is 6. The predicted octanol–water partition coefficient (Wildman–Crippen LogP) is 9.71. The first kappa shape index (κ1) is 53.8. The SMILES string of the molecule is Cc1c(-c2ccc(N3CCc4cccc(C(=O)Nc5nc6ccccc6s5)c4C3)nc2C(=O)O)cnn1CC12CC3CC(C1)CC(C(=O)NCCCCCCCCCCNc1cccc4c1C(=O)N(C1CCC(=O)NC1=O)C4=O)(C3)C2. The molecule has 3 aromatic carbocycles. The van der Waals surface area contributed by atoms with Crippen LogP contribution >= 0.6 is 11.3 Å². The van der Waals surface area contributed by atoms with Crippen molar-refractivity contribution in [3.63, 3.8) is 0 Å². The Balaban J connectivity index is 0.602. The van der Waals surface area contributed by atoms with Gasteiger partial charge in [-0.05, 0) is 142 Å². The maximum Gasteiger partial charge on any atom is 0.355 e. The highest BCUT2D eigenvalue weighted by Crippen LogP contribution is 2.66. The number of unbranched alkanes of at least 4 members (excludes halogenated alkanes) is 7. The number of carboxylic acid groups (broad SMARTS) is 1. The highest BCUT2D eigenvalue weighted by atomic mass is 32.1. The zero-order valence-electron chi connectivity index (χ0n) is 45.7. The summed E-state index contributed by atoms with van der Waals surface area (Å²) in [5.74, 6) is -1.69. The molecular formula is C62H68N10O8S. The Morgan fingerprint density at radius 1 is 0.790 bits per heavy atom. The molecule has 6 aromatic rings. The molecule has 420 valence electrons. The number of carbonyl (C=O) groups excluding carboxylic acids is 6. The van der Waals surface area contributed by atoms with Gasteiger partial charge >= 0.3 is 5.97 Å². The number of aromatic carboxylic acids is 1. The smallest absolute Gasteiger partial charge is 0.355 e. The van der Waals surface area contributed by atoms with Gasteiger partial charge < -0.3 is 20.6 Å². The quantitative estimate of drug-likeness (QED) is 0.0334. The van der Waals surface area contributed by atoms with Gasteiger partial charge in [-0.25, -0.2) is 14.8 Å². The molecule has 3 atom stereocenters. The molecule has 6 amide bonds. The summed E-state index contributed by atoms with van der Waals surface area (Å²) in [6.45, 7) is 5.00. The van der Waals surface area contributed by atoms with Crippen LogP contribution in [-0.2, 0) is 33.9 Å². The van der Waals surface area contributed by atoms with Gasteiger partial charge in [-0.15, -0.1) is 0 Å². The Morgan fingerprint density at radius 2 is 1.54 bits per heavy atom. The molecule has 3 unspecified atom stereocenters. The normalized spacial score (nSPS) is 22.7. The van der Waals surface area contributed by atoms with Crippen molar-refractivity contribution >= 4 is 79.6 Å². The van der Waals surface area contributed by atoms with Gasteiger partial charge in [-0.3, -0.25) is 49.0 Å². The number of imide groups is 2. The van der Waals surface area contributed by atoms with Crippen LogP contribution in [0.1, 0.15) is 161 Å². The zero-order chi connectivity index (χ0) is 56.0. The summed E-state index contributed by atoms with van der Waals surface area (Å²) >= 11 is 1.43. The molecule has 5 fully saturated rings. The number of piperidine rings is 1. The Hall–Kier alpha value is -7.80. The number of aromatic nitrogens is 4. The second kappa shape index (κ2) is 22.3. The summed E-state index contributed by atoms with van der Waals surface area (Å²) in [5.41, 5.74) is 6.08. The van der Waals surface area contributed by atoms with Gasteiger partial charge in [-0.1, -0.05) is 80.2 Å². The van der Waals surface area contributed by atoms with Gasteiger partial charge in [0.25, 0.3) is 17.7 Å². The molecule has 7 aliphatic rings. The van der Waals surface area contributed by atoms with Crippen molar-refractivity contribution in [2.75, 3.05) is 35.2 Å². The number of amides is 6. The molecule has 18 nitrogen and oxygen atoms in total. The lowest BCUT2D eigenvalue weighted by Gasteiger charge is -2.61.